The molecule has 0 spiro atoms. The predicted octanol–water partition coefficient (Wildman–Crippen LogP) is 1.56. The molecule has 0 aromatic carbocycles. The van der Waals surface area contributed by atoms with Gasteiger partial charge in [0.1, 0.15) is 13.2 Å². The van der Waals surface area contributed by atoms with Crippen LogP contribution in [0.5, 0.6) is 0 Å². The molecule has 0 aromatic rings. The summed E-state index contributed by atoms with van der Waals surface area (Å²) in [4.78, 5) is 44.6. The second-order valence-electron chi connectivity index (χ2n) is 5.71. The first-order valence-electron chi connectivity index (χ1n) is 9.02. The largest absolute Gasteiger partial charge is 0.469 e. The van der Waals surface area contributed by atoms with Crippen molar-refractivity contribution in [1.29, 1.82) is 0 Å². The Labute approximate surface area is 159 Å². The molecule has 0 amide bonds. The number of hydrogen-bond acceptors (Lipinski definition) is 9. The first kappa shape index (κ1) is 24.8. The first-order valence-corrected chi connectivity index (χ1v) is 9.02. The van der Waals surface area contributed by atoms with E-state index in [1.807, 2.05) is 0 Å². The summed E-state index contributed by atoms with van der Waals surface area (Å²) in [5.74, 6) is -1.63. The van der Waals surface area contributed by atoms with Crippen LogP contribution in [0.2, 0.25) is 0 Å². The summed E-state index contributed by atoms with van der Waals surface area (Å²) in [6.45, 7) is -0.175. The normalized spacial score (nSPS) is 10.1. The minimum absolute atomic E-state index is 0.236. The lowest BCUT2D eigenvalue weighted by Crippen LogP contribution is -2.19. The van der Waals surface area contributed by atoms with Crippen molar-refractivity contribution >= 4 is 23.9 Å². The molecule has 0 saturated heterocycles. The Balaban J connectivity index is 3.43. The zero-order chi connectivity index (χ0) is 20.3. The van der Waals surface area contributed by atoms with Gasteiger partial charge in [-0.15, -0.1) is 0 Å². The summed E-state index contributed by atoms with van der Waals surface area (Å²) in [5, 5.41) is 0. The molecule has 27 heavy (non-hydrogen) atoms. The Kier molecular flexibility index (Phi) is 15.9. The van der Waals surface area contributed by atoms with Gasteiger partial charge >= 0.3 is 23.9 Å². The van der Waals surface area contributed by atoms with Gasteiger partial charge in [0.2, 0.25) is 0 Å². The maximum Gasteiger partial charge on any atom is 0.332 e. The van der Waals surface area contributed by atoms with Crippen LogP contribution < -0.4 is 0 Å². The lowest BCUT2D eigenvalue weighted by atomic mass is 10.2. The highest BCUT2D eigenvalue weighted by Gasteiger charge is 2.08. The van der Waals surface area contributed by atoms with Crippen LogP contribution in [0.25, 0.3) is 0 Å². The molecule has 0 aliphatic heterocycles. The molecule has 9 nitrogen and oxygen atoms in total. The smallest absolute Gasteiger partial charge is 0.332 e. The average Bonchev–Trinajstić information content (AvgIpc) is 2.66. The zero-order valence-corrected chi connectivity index (χ0v) is 16.2. The van der Waals surface area contributed by atoms with Crippen LogP contribution in [0.4, 0.5) is 0 Å². The molecule has 0 radical (unpaired) electrons. The predicted molar refractivity (Wildman–Crippen MR) is 93.7 cm³/mol. The van der Waals surface area contributed by atoms with Crippen LogP contribution in [0, 0.1) is 0 Å². The van der Waals surface area contributed by atoms with E-state index in [1.54, 1.807) is 0 Å². The zero-order valence-electron chi connectivity index (χ0n) is 16.2. The van der Waals surface area contributed by atoms with Crippen LogP contribution >= 0.6 is 0 Å². The molecule has 0 unspecified atom stereocenters. The number of methoxy groups -OCH3 is 2. The molecule has 0 fully saturated rings. The lowest BCUT2D eigenvalue weighted by Gasteiger charge is -2.07. The minimum atomic E-state index is -0.557. The summed E-state index contributed by atoms with van der Waals surface area (Å²) in [7, 11) is 2.68. The van der Waals surface area contributed by atoms with Crippen molar-refractivity contribution in [1.82, 2.24) is 0 Å². The van der Waals surface area contributed by atoms with Gasteiger partial charge in [-0.2, -0.15) is 0 Å². The quantitative estimate of drug-likeness (QED) is 0.220. The molecule has 0 N–H and O–H groups in total. The molecular weight excluding hydrogens is 360 g/mol. The Morgan fingerprint density at radius 3 is 1.33 bits per heavy atom. The van der Waals surface area contributed by atoms with Gasteiger partial charge < -0.3 is 23.7 Å². The van der Waals surface area contributed by atoms with E-state index >= 15 is 0 Å². The van der Waals surface area contributed by atoms with Gasteiger partial charge in [0, 0.05) is 12.8 Å². The number of ether oxygens (including phenoxy) is 5. The number of esters is 4. The second kappa shape index (κ2) is 17.3. The Morgan fingerprint density at radius 2 is 0.963 bits per heavy atom. The van der Waals surface area contributed by atoms with Gasteiger partial charge in [0.25, 0.3) is 0 Å². The fourth-order valence-corrected chi connectivity index (χ4v) is 1.97. The van der Waals surface area contributed by atoms with E-state index in [-0.39, 0.29) is 38.4 Å². The standard InChI is InChI=1S/C18H30O9/c1-23-15(19)9-5-3-7-11-26-17(21)13-25-14-18(22)27-12-8-4-6-10-16(20)24-2/h3-14H2,1-2H3. The van der Waals surface area contributed by atoms with Crippen molar-refractivity contribution in [2.45, 2.75) is 51.4 Å². The van der Waals surface area contributed by atoms with Crippen LogP contribution in [0.3, 0.4) is 0 Å². The molecule has 0 bridgehead atoms. The van der Waals surface area contributed by atoms with E-state index in [0.717, 1.165) is 12.8 Å². The maximum absolute atomic E-state index is 11.4. The number of rotatable bonds is 16. The third kappa shape index (κ3) is 17.0. The fourth-order valence-electron chi connectivity index (χ4n) is 1.97. The highest BCUT2D eigenvalue weighted by atomic mass is 16.6. The van der Waals surface area contributed by atoms with Crippen molar-refractivity contribution < 1.29 is 42.9 Å². The molecular formula is C18H30O9. The Morgan fingerprint density at radius 1 is 0.556 bits per heavy atom. The van der Waals surface area contributed by atoms with E-state index in [0.29, 0.717) is 38.5 Å². The summed E-state index contributed by atoms with van der Waals surface area (Å²) in [6.07, 6.45) is 4.82. The number of hydrogen-bond donors (Lipinski definition) is 0. The highest BCUT2D eigenvalue weighted by molar-refractivity contribution is 5.73. The molecule has 9 heteroatoms. The van der Waals surface area contributed by atoms with Crippen molar-refractivity contribution in [3.05, 3.63) is 0 Å². The van der Waals surface area contributed by atoms with E-state index in [2.05, 4.69) is 9.47 Å². The van der Waals surface area contributed by atoms with Gasteiger partial charge in [0.15, 0.2) is 0 Å². The molecule has 156 valence electrons. The number of carbonyl (C=O) groups excluding carboxylic acids is 4. The lowest BCUT2D eigenvalue weighted by molar-refractivity contribution is -0.156. The number of unbranched alkanes of at least 4 members (excludes halogenated alkanes) is 4. The van der Waals surface area contributed by atoms with E-state index in [9.17, 15) is 19.2 Å². The van der Waals surface area contributed by atoms with Gasteiger partial charge in [-0.25, -0.2) is 9.59 Å². The molecule has 0 rings (SSSR count). The number of carbonyl (C=O) groups is 4. The van der Waals surface area contributed by atoms with Gasteiger partial charge in [-0.3, -0.25) is 9.59 Å². The van der Waals surface area contributed by atoms with Crippen molar-refractivity contribution in [2.24, 2.45) is 0 Å². The first-order chi connectivity index (χ1) is 13.0. The molecule has 0 aliphatic rings. The monoisotopic (exact) mass is 390 g/mol. The average molecular weight is 390 g/mol. The van der Waals surface area contributed by atoms with E-state index < -0.39 is 11.9 Å². The molecule has 0 atom stereocenters. The Bertz CT molecular complexity index is 408. The topological polar surface area (TPSA) is 114 Å². The van der Waals surface area contributed by atoms with Crippen molar-refractivity contribution in [3.8, 4) is 0 Å². The molecule has 0 aliphatic carbocycles. The van der Waals surface area contributed by atoms with Gasteiger partial charge in [-0.1, -0.05) is 0 Å². The minimum Gasteiger partial charge on any atom is -0.469 e. The molecule has 0 saturated carbocycles. The van der Waals surface area contributed by atoms with Crippen LogP contribution in [-0.2, 0) is 42.9 Å². The molecule has 0 heterocycles. The van der Waals surface area contributed by atoms with E-state index in [1.165, 1.54) is 14.2 Å². The van der Waals surface area contributed by atoms with Crippen LogP contribution in [0.15, 0.2) is 0 Å². The van der Waals surface area contributed by atoms with Crippen molar-refractivity contribution in [2.75, 3.05) is 40.6 Å². The van der Waals surface area contributed by atoms with Crippen LogP contribution in [-0.4, -0.2) is 64.5 Å². The van der Waals surface area contributed by atoms with Gasteiger partial charge in [0.05, 0.1) is 27.4 Å². The Hall–Kier alpha value is -2.16. The van der Waals surface area contributed by atoms with E-state index in [4.69, 9.17) is 14.2 Å². The summed E-state index contributed by atoms with van der Waals surface area (Å²) in [6, 6.07) is 0. The SMILES string of the molecule is COC(=O)CCCCCOC(=O)COCC(=O)OCCCCCC(=O)OC. The summed E-state index contributed by atoms with van der Waals surface area (Å²) >= 11 is 0. The maximum atomic E-state index is 11.4. The second-order valence-corrected chi connectivity index (χ2v) is 5.71. The third-order valence-corrected chi connectivity index (χ3v) is 3.47. The highest BCUT2D eigenvalue weighted by Crippen LogP contribution is 2.02. The fraction of sp³-hybridized carbons (Fsp3) is 0.778. The molecule has 0 aromatic heterocycles. The van der Waals surface area contributed by atoms with Crippen molar-refractivity contribution in [3.63, 3.8) is 0 Å². The van der Waals surface area contributed by atoms with Crippen LogP contribution in [0.1, 0.15) is 51.4 Å². The third-order valence-electron chi connectivity index (χ3n) is 3.47. The summed E-state index contributed by atoms with van der Waals surface area (Å²) < 4.78 is 23.9. The van der Waals surface area contributed by atoms with Gasteiger partial charge in [-0.05, 0) is 38.5 Å². The summed E-state index contributed by atoms with van der Waals surface area (Å²) in [5.41, 5.74) is 0.